The standard InChI is InChI=1S/C23H49NO3/c1-19(2)10-6-11-20(3)12-7-13-21(4)14-8-15-23(5,27)22(18-26)24-16-9-17-25/h19-22,24-27H,6-18H2,1-5H3. The van der Waals surface area contributed by atoms with Crippen molar-refractivity contribution in [3.63, 3.8) is 0 Å². The monoisotopic (exact) mass is 387 g/mol. The summed E-state index contributed by atoms with van der Waals surface area (Å²) < 4.78 is 0. The summed E-state index contributed by atoms with van der Waals surface area (Å²) in [4.78, 5) is 0. The van der Waals surface area contributed by atoms with E-state index in [0.29, 0.717) is 25.3 Å². The van der Waals surface area contributed by atoms with E-state index in [2.05, 4.69) is 33.0 Å². The highest BCUT2D eigenvalue weighted by atomic mass is 16.3. The maximum Gasteiger partial charge on any atom is 0.0794 e. The number of rotatable bonds is 18. The molecule has 0 aromatic rings. The first-order valence-corrected chi connectivity index (χ1v) is 11.4. The second-order valence-corrected chi connectivity index (χ2v) is 9.48. The van der Waals surface area contributed by atoms with Gasteiger partial charge in [0.05, 0.1) is 18.2 Å². The lowest BCUT2D eigenvalue weighted by Crippen LogP contribution is -2.51. The molecule has 0 radical (unpaired) electrons. The molecule has 0 heterocycles. The highest BCUT2D eigenvalue weighted by Gasteiger charge is 2.30. The number of nitrogens with one attached hydrogen (secondary N) is 1. The lowest BCUT2D eigenvalue weighted by atomic mass is 9.87. The van der Waals surface area contributed by atoms with Gasteiger partial charge in [0.15, 0.2) is 0 Å². The van der Waals surface area contributed by atoms with Gasteiger partial charge < -0.3 is 20.6 Å². The molecule has 0 aromatic carbocycles. The van der Waals surface area contributed by atoms with Gasteiger partial charge in [0.2, 0.25) is 0 Å². The van der Waals surface area contributed by atoms with Crippen LogP contribution >= 0.6 is 0 Å². The van der Waals surface area contributed by atoms with Crippen molar-refractivity contribution in [1.29, 1.82) is 0 Å². The zero-order valence-electron chi connectivity index (χ0n) is 18.8. The molecule has 0 saturated heterocycles. The highest BCUT2D eigenvalue weighted by molar-refractivity contribution is 4.87. The molecule has 4 unspecified atom stereocenters. The number of hydrogen-bond acceptors (Lipinski definition) is 4. The molecule has 0 aliphatic rings. The van der Waals surface area contributed by atoms with Crippen molar-refractivity contribution in [2.45, 2.75) is 110 Å². The van der Waals surface area contributed by atoms with E-state index in [9.17, 15) is 10.2 Å². The normalized spacial score (nSPS) is 17.7. The van der Waals surface area contributed by atoms with Crippen LogP contribution in [-0.2, 0) is 0 Å². The van der Waals surface area contributed by atoms with Crippen LogP contribution in [0, 0.1) is 17.8 Å². The summed E-state index contributed by atoms with van der Waals surface area (Å²) >= 11 is 0. The van der Waals surface area contributed by atoms with Gasteiger partial charge in [-0.25, -0.2) is 0 Å². The first-order valence-electron chi connectivity index (χ1n) is 11.4. The smallest absolute Gasteiger partial charge is 0.0794 e. The minimum Gasteiger partial charge on any atom is -0.396 e. The number of aliphatic hydroxyl groups excluding tert-OH is 2. The fraction of sp³-hybridized carbons (Fsp3) is 1.00. The fourth-order valence-corrected chi connectivity index (χ4v) is 3.80. The van der Waals surface area contributed by atoms with Crippen LogP contribution in [0.3, 0.4) is 0 Å². The van der Waals surface area contributed by atoms with Crippen LogP contribution in [0.25, 0.3) is 0 Å². The first-order chi connectivity index (χ1) is 12.7. The third kappa shape index (κ3) is 14.5. The molecule has 0 amide bonds. The van der Waals surface area contributed by atoms with Gasteiger partial charge in [0.1, 0.15) is 0 Å². The molecule has 27 heavy (non-hydrogen) atoms. The zero-order chi connectivity index (χ0) is 20.7. The molecule has 0 bridgehead atoms. The lowest BCUT2D eigenvalue weighted by molar-refractivity contribution is -0.0112. The minimum absolute atomic E-state index is 0.0807. The van der Waals surface area contributed by atoms with Gasteiger partial charge in [0.25, 0.3) is 0 Å². The molecule has 0 aromatic heterocycles. The van der Waals surface area contributed by atoms with E-state index in [1.807, 2.05) is 6.92 Å². The van der Waals surface area contributed by atoms with E-state index >= 15 is 0 Å². The van der Waals surface area contributed by atoms with Crippen LogP contribution in [0.1, 0.15) is 98.8 Å². The maximum absolute atomic E-state index is 10.7. The van der Waals surface area contributed by atoms with Crippen LogP contribution in [0.4, 0.5) is 0 Å². The Kier molecular flexibility index (Phi) is 15.6. The van der Waals surface area contributed by atoms with Gasteiger partial charge in [-0.2, -0.15) is 0 Å². The summed E-state index contributed by atoms with van der Waals surface area (Å²) in [5, 5.41) is 32.2. The Bertz CT molecular complexity index is 334. The SMILES string of the molecule is CC(C)CCCC(C)CCCC(C)CCCC(C)(O)C(CO)NCCCO. The van der Waals surface area contributed by atoms with Crippen LogP contribution in [0.15, 0.2) is 0 Å². The van der Waals surface area contributed by atoms with Crippen molar-refractivity contribution < 1.29 is 15.3 Å². The lowest BCUT2D eigenvalue weighted by Gasteiger charge is -2.33. The van der Waals surface area contributed by atoms with E-state index in [1.165, 1.54) is 38.5 Å². The molecule has 4 atom stereocenters. The molecule has 4 N–H and O–H groups in total. The largest absolute Gasteiger partial charge is 0.396 e. The fourth-order valence-electron chi connectivity index (χ4n) is 3.80. The Hall–Kier alpha value is -0.160. The summed E-state index contributed by atoms with van der Waals surface area (Å²) in [5.74, 6) is 2.36. The predicted molar refractivity (Wildman–Crippen MR) is 116 cm³/mol. The predicted octanol–water partition coefficient (Wildman–Crippen LogP) is 4.51. The van der Waals surface area contributed by atoms with Crippen molar-refractivity contribution >= 4 is 0 Å². The Labute approximate surface area is 169 Å². The van der Waals surface area contributed by atoms with E-state index in [-0.39, 0.29) is 19.3 Å². The Balaban J connectivity index is 3.91. The molecule has 4 heteroatoms. The van der Waals surface area contributed by atoms with Gasteiger partial charge in [0, 0.05) is 6.61 Å². The molecule has 4 nitrogen and oxygen atoms in total. The molecule has 0 rings (SSSR count). The average molecular weight is 388 g/mol. The summed E-state index contributed by atoms with van der Waals surface area (Å²) in [6.07, 6.45) is 11.4. The number of aliphatic hydroxyl groups is 3. The van der Waals surface area contributed by atoms with Crippen molar-refractivity contribution in [3.05, 3.63) is 0 Å². The van der Waals surface area contributed by atoms with Crippen molar-refractivity contribution in [3.8, 4) is 0 Å². The quantitative estimate of drug-likeness (QED) is 0.261. The summed E-state index contributed by atoms with van der Waals surface area (Å²) in [6.45, 7) is 11.8. The zero-order valence-corrected chi connectivity index (χ0v) is 18.8. The molecule has 0 fully saturated rings. The van der Waals surface area contributed by atoms with Gasteiger partial charge >= 0.3 is 0 Å². The van der Waals surface area contributed by atoms with E-state index in [0.717, 1.165) is 24.7 Å². The van der Waals surface area contributed by atoms with Crippen LogP contribution < -0.4 is 5.32 Å². The summed E-state index contributed by atoms with van der Waals surface area (Å²) in [6, 6.07) is -0.328. The second kappa shape index (κ2) is 15.7. The molecular weight excluding hydrogens is 338 g/mol. The van der Waals surface area contributed by atoms with Crippen molar-refractivity contribution in [2.75, 3.05) is 19.8 Å². The van der Waals surface area contributed by atoms with E-state index in [1.54, 1.807) is 0 Å². The number of hydrogen-bond donors (Lipinski definition) is 4. The topological polar surface area (TPSA) is 72.7 Å². The molecule has 0 spiro atoms. The molecular formula is C23H49NO3. The van der Waals surface area contributed by atoms with Crippen LogP contribution in [0.5, 0.6) is 0 Å². The molecule has 0 saturated carbocycles. The molecule has 0 aliphatic carbocycles. The Morgan fingerprint density at radius 2 is 1.30 bits per heavy atom. The highest BCUT2D eigenvalue weighted by Crippen LogP contribution is 2.24. The van der Waals surface area contributed by atoms with Gasteiger partial charge in [-0.3, -0.25) is 0 Å². The van der Waals surface area contributed by atoms with Gasteiger partial charge in [-0.05, 0) is 44.1 Å². The molecule has 164 valence electrons. The Morgan fingerprint density at radius 1 is 0.778 bits per heavy atom. The van der Waals surface area contributed by atoms with E-state index < -0.39 is 5.60 Å². The summed E-state index contributed by atoms with van der Waals surface area (Å²) in [7, 11) is 0. The van der Waals surface area contributed by atoms with Crippen LogP contribution in [0.2, 0.25) is 0 Å². The van der Waals surface area contributed by atoms with Crippen LogP contribution in [-0.4, -0.2) is 46.7 Å². The summed E-state index contributed by atoms with van der Waals surface area (Å²) in [5.41, 5.74) is -0.908. The van der Waals surface area contributed by atoms with Gasteiger partial charge in [-0.15, -0.1) is 0 Å². The Morgan fingerprint density at radius 3 is 1.78 bits per heavy atom. The third-order valence-electron chi connectivity index (χ3n) is 5.91. The second-order valence-electron chi connectivity index (χ2n) is 9.48. The average Bonchev–Trinajstić information content (AvgIpc) is 2.58. The first kappa shape index (κ1) is 26.8. The third-order valence-corrected chi connectivity index (χ3v) is 5.91. The minimum atomic E-state index is -0.908. The van der Waals surface area contributed by atoms with Crippen molar-refractivity contribution in [1.82, 2.24) is 5.32 Å². The molecule has 0 aliphatic heterocycles. The van der Waals surface area contributed by atoms with E-state index in [4.69, 9.17) is 5.11 Å². The van der Waals surface area contributed by atoms with Crippen molar-refractivity contribution in [2.24, 2.45) is 17.8 Å². The van der Waals surface area contributed by atoms with Gasteiger partial charge in [-0.1, -0.05) is 79.1 Å². The maximum atomic E-state index is 10.7.